The van der Waals surface area contributed by atoms with Crippen molar-refractivity contribution in [1.82, 2.24) is 13.9 Å². The number of aromatic nitrogens is 3. The van der Waals surface area contributed by atoms with Gasteiger partial charge in [0.05, 0.1) is 12.1 Å². The third-order valence-corrected chi connectivity index (χ3v) is 4.72. The van der Waals surface area contributed by atoms with Crippen molar-refractivity contribution in [1.29, 1.82) is 0 Å². The van der Waals surface area contributed by atoms with Gasteiger partial charge >= 0.3 is 0 Å². The zero-order valence-corrected chi connectivity index (χ0v) is 12.3. The van der Waals surface area contributed by atoms with Gasteiger partial charge in [-0.25, -0.2) is 4.98 Å². The van der Waals surface area contributed by atoms with Gasteiger partial charge < -0.3 is 15.2 Å². The summed E-state index contributed by atoms with van der Waals surface area (Å²) in [4.78, 5) is 6.73. The third-order valence-electron chi connectivity index (χ3n) is 3.79. The minimum atomic E-state index is 0.607. The molecule has 0 saturated heterocycles. The molecule has 0 bridgehead atoms. The summed E-state index contributed by atoms with van der Waals surface area (Å²) in [5.41, 5.74) is 8.27. The Morgan fingerprint density at radius 1 is 1.14 bits per heavy atom. The zero-order valence-electron chi connectivity index (χ0n) is 11.4. The van der Waals surface area contributed by atoms with Crippen molar-refractivity contribution < 1.29 is 0 Å². The highest BCUT2D eigenvalue weighted by atomic mass is 32.1. The number of nitrogens with two attached hydrogens (primary N) is 1. The number of nitrogens with zero attached hydrogens (tertiary/aromatic N) is 4. The second-order valence-corrected chi connectivity index (χ2v) is 5.82. The van der Waals surface area contributed by atoms with E-state index in [-0.39, 0.29) is 0 Å². The minimum absolute atomic E-state index is 0.607. The van der Waals surface area contributed by atoms with Gasteiger partial charge in [-0.05, 0) is 17.1 Å². The largest absolute Gasteiger partial charge is 0.382 e. The van der Waals surface area contributed by atoms with Crippen molar-refractivity contribution in [2.75, 3.05) is 17.2 Å². The molecule has 21 heavy (non-hydrogen) atoms. The Morgan fingerprint density at radius 3 is 2.86 bits per heavy atom. The molecule has 0 amide bonds. The van der Waals surface area contributed by atoms with Gasteiger partial charge in [-0.1, -0.05) is 30.3 Å². The van der Waals surface area contributed by atoms with E-state index in [1.807, 2.05) is 30.6 Å². The molecule has 1 aliphatic rings. The molecule has 2 N–H and O–H groups in total. The van der Waals surface area contributed by atoms with Crippen LogP contribution in [0.5, 0.6) is 0 Å². The van der Waals surface area contributed by atoms with Crippen LogP contribution in [0.25, 0.3) is 11.1 Å². The molecule has 0 fully saturated rings. The fourth-order valence-electron chi connectivity index (χ4n) is 2.73. The molecule has 0 spiro atoms. The number of anilines is 2. The van der Waals surface area contributed by atoms with E-state index in [9.17, 15) is 0 Å². The first-order valence-electron chi connectivity index (χ1n) is 6.88. The predicted molar refractivity (Wildman–Crippen MR) is 85.2 cm³/mol. The summed E-state index contributed by atoms with van der Waals surface area (Å²) < 4.78 is 6.56. The van der Waals surface area contributed by atoms with Gasteiger partial charge in [0.2, 0.25) is 0 Å². The van der Waals surface area contributed by atoms with Crippen LogP contribution in [0, 0.1) is 0 Å². The second-order valence-electron chi connectivity index (χ2n) is 5.07. The van der Waals surface area contributed by atoms with Crippen LogP contribution >= 0.6 is 11.5 Å². The number of imidazole rings is 1. The smallest absolute Gasteiger partial charge is 0.147 e. The number of fused-ring (bicyclic) bond motifs is 1. The third kappa shape index (κ3) is 2.08. The standard InChI is InChI=1S/C15H15N5S/c16-14-13(11-4-2-1-3-5-11)15(21-18-14)20-9-8-19-7-6-17-12(19)10-20/h1-7H,8-10H2,(H2,16,18). The Bertz CT molecular complexity index is 761. The molecule has 6 heteroatoms. The van der Waals surface area contributed by atoms with Crippen LogP contribution in [0.1, 0.15) is 5.82 Å². The fraction of sp³-hybridized carbons (Fsp3) is 0.200. The quantitative estimate of drug-likeness (QED) is 0.790. The lowest BCUT2D eigenvalue weighted by molar-refractivity contribution is 0.563. The van der Waals surface area contributed by atoms with Crippen molar-refractivity contribution in [3.05, 3.63) is 48.5 Å². The molecular formula is C15H15N5S. The van der Waals surface area contributed by atoms with E-state index < -0.39 is 0 Å². The van der Waals surface area contributed by atoms with E-state index in [4.69, 9.17) is 5.73 Å². The van der Waals surface area contributed by atoms with Crippen LogP contribution in [0.2, 0.25) is 0 Å². The summed E-state index contributed by atoms with van der Waals surface area (Å²) in [5, 5.41) is 1.13. The average Bonchev–Trinajstić information content (AvgIpc) is 3.13. The average molecular weight is 297 g/mol. The summed E-state index contributed by atoms with van der Waals surface area (Å²) in [6.07, 6.45) is 3.89. The Labute approximate surface area is 126 Å². The van der Waals surface area contributed by atoms with Gasteiger partial charge in [0.25, 0.3) is 0 Å². The molecule has 0 atom stereocenters. The molecule has 0 unspecified atom stereocenters. The van der Waals surface area contributed by atoms with Crippen molar-refractivity contribution in [2.45, 2.75) is 13.1 Å². The van der Waals surface area contributed by atoms with Gasteiger partial charge in [-0.15, -0.1) is 0 Å². The van der Waals surface area contributed by atoms with E-state index in [0.29, 0.717) is 5.82 Å². The first kappa shape index (κ1) is 12.4. The molecule has 1 aliphatic heterocycles. The first-order chi connectivity index (χ1) is 10.3. The summed E-state index contributed by atoms with van der Waals surface area (Å²) in [6, 6.07) is 10.2. The Kier molecular flexibility index (Phi) is 2.89. The van der Waals surface area contributed by atoms with E-state index in [2.05, 4.69) is 31.0 Å². The molecular weight excluding hydrogens is 282 g/mol. The molecule has 3 heterocycles. The van der Waals surface area contributed by atoms with Gasteiger partial charge in [0.1, 0.15) is 16.6 Å². The van der Waals surface area contributed by atoms with Crippen LogP contribution < -0.4 is 10.6 Å². The maximum Gasteiger partial charge on any atom is 0.147 e. The number of rotatable bonds is 2. The molecule has 0 radical (unpaired) electrons. The number of benzene rings is 1. The predicted octanol–water partition coefficient (Wildman–Crippen LogP) is 2.61. The van der Waals surface area contributed by atoms with Gasteiger partial charge in [-0.3, -0.25) is 0 Å². The highest BCUT2D eigenvalue weighted by Gasteiger charge is 2.23. The van der Waals surface area contributed by atoms with E-state index in [1.54, 1.807) is 0 Å². The normalized spacial score (nSPS) is 14.2. The van der Waals surface area contributed by atoms with Crippen molar-refractivity contribution >= 4 is 22.4 Å². The highest BCUT2D eigenvalue weighted by molar-refractivity contribution is 7.11. The molecule has 1 aromatic carbocycles. The summed E-state index contributed by atoms with van der Waals surface area (Å²) >= 11 is 1.47. The molecule has 5 nitrogen and oxygen atoms in total. The van der Waals surface area contributed by atoms with E-state index in [1.165, 1.54) is 11.5 Å². The van der Waals surface area contributed by atoms with Crippen LogP contribution in [-0.2, 0) is 13.1 Å². The second kappa shape index (κ2) is 4.89. The Morgan fingerprint density at radius 2 is 2.00 bits per heavy atom. The van der Waals surface area contributed by atoms with E-state index >= 15 is 0 Å². The Balaban J connectivity index is 1.74. The van der Waals surface area contributed by atoms with Crippen molar-refractivity contribution in [3.63, 3.8) is 0 Å². The maximum absolute atomic E-state index is 6.11. The summed E-state index contributed by atoms with van der Waals surface area (Å²) in [7, 11) is 0. The lowest BCUT2D eigenvalue weighted by atomic mass is 10.1. The summed E-state index contributed by atoms with van der Waals surface area (Å²) in [5.74, 6) is 1.70. The lowest BCUT2D eigenvalue weighted by Crippen LogP contribution is -2.33. The number of hydrogen-bond donors (Lipinski definition) is 1. The number of hydrogen-bond acceptors (Lipinski definition) is 5. The van der Waals surface area contributed by atoms with Gasteiger partial charge in [0, 0.05) is 25.5 Å². The summed E-state index contributed by atoms with van der Waals surface area (Å²) in [6.45, 7) is 2.70. The fourth-order valence-corrected chi connectivity index (χ4v) is 3.59. The first-order valence-corrected chi connectivity index (χ1v) is 7.66. The minimum Gasteiger partial charge on any atom is -0.382 e. The van der Waals surface area contributed by atoms with Gasteiger partial charge in [0.15, 0.2) is 0 Å². The van der Waals surface area contributed by atoms with Crippen molar-refractivity contribution in [2.24, 2.45) is 0 Å². The SMILES string of the molecule is Nc1nsc(N2CCn3ccnc3C2)c1-c1ccccc1. The van der Waals surface area contributed by atoms with Crippen LogP contribution in [-0.4, -0.2) is 20.5 Å². The van der Waals surface area contributed by atoms with Crippen LogP contribution in [0.4, 0.5) is 10.8 Å². The van der Waals surface area contributed by atoms with Gasteiger partial charge in [-0.2, -0.15) is 4.37 Å². The molecule has 2 aromatic heterocycles. The molecule has 3 aromatic rings. The van der Waals surface area contributed by atoms with Crippen molar-refractivity contribution in [3.8, 4) is 11.1 Å². The monoisotopic (exact) mass is 297 g/mol. The number of nitrogen functional groups attached to an aromatic ring is 1. The zero-order chi connectivity index (χ0) is 14.2. The molecule has 106 valence electrons. The highest BCUT2D eigenvalue weighted by Crippen LogP contribution is 2.40. The Hall–Kier alpha value is -2.34. The molecule has 4 rings (SSSR count). The van der Waals surface area contributed by atoms with Crippen LogP contribution in [0.15, 0.2) is 42.7 Å². The lowest BCUT2D eigenvalue weighted by Gasteiger charge is -2.28. The molecule has 0 aliphatic carbocycles. The topological polar surface area (TPSA) is 60.0 Å². The van der Waals surface area contributed by atoms with Crippen LogP contribution in [0.3, 0.4) is 0 Å². The molecule has 0 saturated carbocycles. The maximum atomic E-state index is 6.11. The van der Waals surface area contributed by atoms with E-state index in [0.717, 1.165) is 41.6 Å².